The predicted octanol–water partition coefficient (Wildman–Crippen LogP) is 4.40. The predicted molar refractivity (Wildman–Crippen MR) is 85.1 cm³/mol. The van der Waals surface area contributed by atoms with Gasteiger partial charge in [-0.1, -0.05) is 51.1 Å². The van der Waals surface area contributed by atoms with Crippen molar-refractivity contribution in [3.8, 4) is 11.3 Å². The van der Waals surface area contributed by atoms with E-state index in [2.05, 4.69) is 50.1 Å². The highest BCUT2D eigenvalue weighted by atomic mass is 15.0. The third-order valence-electron chi connectivity index (χ3n) is 3.27. The summed E-state index contributed by atoms with van der Waals surface area (Å²) in [7, 11) is 0. The fraction of sp³-hybridized carbons (Fsp3) is 0.412. The summed E-state index contributed by atoms with van der Waals surface area (Å²) in [5, 5.41) is 3.42. The molecule has 1 heterocycles. The number of benzene rings is 1. The Labute approximate surface area is 121 Å². The van der Waals surface area contributed by atoms with Crippen LogP contribution in [0.1, 0.15) is 44.5 Å². The number of nitrogens with zero attached hydrogens (tertiary/aromatic N) is 2. The Hall–Kier alpha value is -1.90. The lowest BCUT2D eigenvalue weighted by Gasteiger charge is -2.15. The van der Waals surface area contributed by atoms with E-state index >= 15 is 0 Å². The molecule has 1 N–H and O–H groups in total. The standard InChI is InChI=1S/C17H23N3/c1-5-11-18-17-13(4)15(14-9-7-6-8-10-14)19-16(20-17)12(2)3/h6-10,12H,5,11H2,1-4H3,(H,18,19,20). The van der Waals surface area contributed by atoms with Gasteiger partial charge in [-0.2, -0.15) is 0 Å². The lowest BCUT2D eigenvalue weighted by atomic mass is 10.1. The first-order valence-electron chi connectivity index (χ1n) is 7.31. The molecule has 0 aliphatic rings. The number of hydrogen-bond acceptors (Lipinski definition) is 3. The monoisotopic (exact) mass is 269 g/mol. The maximum Gasteiger partial charge on any atom is 0.133 e. The fourth-order valence-electron chi connectivity index (χ4n) is 2.08. The SMILES string of the molecule is CCCNc1nc(C(C)C)nc(-c2ccccc2)c1C. The molecule has 0 unspecified atom stereocenters. The van der Waals surface area contributed by atoms with E-state index in [1.807, 2.05) is 18.2 Å². The third-order valence-corrected chi connectivity index (χ3v) is 3.27. The van der Waals surface area contributed by atoms with Gasteiger partial charge in [0.1, 0.15) is 11.6 Å². The van der Waals surface area contributed by atoms with Crippen LogP contribution in [0.5, 0.6) is 0 Å². The normalized spacial score (nSPS) is 10.8. The Morgan fingerprint density at radius 1 is 1.10 bits per heavy atom. The van der Waals surface area contributed by atoms with Crippen LogP contribution in [0.4, 0.5) is 5.82 Å². The molecular weight excluding hydrogens is 246 g/mol. The second-order valence-electron chi connectivity index (χ2n) is 5.35. The molecule has 106 valence electrons. The smallest absolute Gasteiger partial charge is 0.133 e. The van der Waals surface area contributed by atoms with Crippen molar-refractivity contribution in [2.75, 3.05) is 11.9 Å². The minimum atomic E-state index is 0.320. The van der Waals surface area contributed by atoms with E-state index in [1.165, 1.54) is 0 Å². The van der Waals surface area contributed by atoms with Crippen LogP contribution in [0.2, 0.25) is 0 Å². The van der Waals surface area contributed by atoms with Crippen molar-refractivity contribution in [2.45, 2.75) is 40.0 Å². The van der Waals surface area contributed by atoms with Crippen LogP contribution < -0.4 is 5.32 Å². The van der Waals surface area contributed by atoms with Crippen molar-refractivity contribution in [3.05, 3.63) is 41.7 Å². The van der Waals surface area contributed by atoms with Gasteiger partial charge < -0.3 is 5.32 Å². The molecule has 0 spiro atoms. The second kappa shape index (κ2) is 6.51. The number of rotatable bonds is 5. The van der Waals surface area contributed by atoms with Gasteiger partial charge in [0, 0.05) is 23.6 Å². The van der Waals surface area contributed by atoms with Crippen molar-refractivity contribution < 1.29 is 0 Å². The zero-order chi connectivity index (χ0) is 14.5. The minimum Gasteiger partial charge on any atom is -0.370 e. The summed E-state index contributed by atoms with van der Waals surface area (Å²) in [5.41, 5.74) is 3.30. The average molecular weight is 269 g/mol. The molecule has 0 atom stereocenters. The Morgan fingerprint density at radius 3 is 2.40 bits per heavy atom. The molecule has 0 saturated carbocycles. The molecule has 0 fully saturated rings. The van der Waals surface area contributed by atoms with Crippen molar-refractivity contribution in [2.24, 2.45) is 0 Å². The van der Waals surface area contributed by atoms with Crippen LogP contribution in [-0.4, -0.2) is 16.5 Å². The molecule has 0 bridgehead atoms. The molecule has 2 rings (SSSR count). The van der Waals surface area contributed by atoms with E-state index in [0.717, 1.165) is 41.4 Å². The van der Waals surface area contributed by atoms with Crippen molar-refractivity contribution in [1.82, 2.24) is 9.97 Å². The van der Waals surface area contributed by atoms with Gasteiger partial charge in [-0.3, -0.25) is 0 Å². The zero-order valence-electron chi connectivity index (χ0n) is 12.8. The van der Waals surface area contributed by atoms with Crippen LogP contribution in [0, 0.1) is 6.92 Å². The highest BCUT2D eigenvalue weighted by Gasteiger charge is 2.13. The van der Waals surface area contributed by atoms with Crippen LogP contribution in [0.3, 0.4) is 0 Å². The van der Waals surface area contributed by atoms with Gasteiger partial charge in [0.2, 0.25) is 0 Å². The van der Waals surface area contributed by atoms with Gasteiger partial charge >= 0.3 is 0 Å². The molecule has 3 nitrogen and oxygen atoms in total. The number of anilines is 1. The topological polar surface area (TPSA) is 37.8 Å². The zero-order valence-corrected chi connectivity index (χ0v) is 12.8. The maximum atomic E-state index is 4.76. The van der Waals surface area contributed by atoms with E-state index in [1.54, 1.807) is 0 Å². The lowest BCUT2D eigenvalue weighted by Crippen LogP contribution is -2.09. The van der Waals surface area contributed by atoms with Gasteiger partial charge in [0.25, 0.3) is 0 Å². The third kappa shape index (κ3) is 3.16. The molecule has 1 aromatic heterocycles. The Morgan fingerprint density at radius 2 is 1.80 bits per heavy atom. The summed E-state index contributed by atoms with van der Waals surface area (Å²) >= 11 is 0. The average Bonchev–Trinajstić information content (AvgIpc) is 2.47. The Balaban J connectivity index is 2.52. The van der Waals surface area contributed by atoms with Crippen LogP contribution >= 0.6 is 0 Å². The summed E-state index contributed by atoms with van der Waals surface area (Å²) in [6.07, 6.45) is 1.08. The highest BCUT2D eigenvalue weighted by molar-refractivity contribution is 5.68. The second-order valence-corrected chi connectivity index (χ2v) is 5.35. The molecule has 0 aliphatic heterocycles. The van der Waals surface area contributed by atoms with Crippen molar-refractivity contribution in [1.29, 1.82) is 0 Å². The van der Waals surface area contributed by atoms with E-state index in [9.17, 15) is 0 Å². The van der Waals surface area contributed by atoms with Gasteiger partial charge in [-0.25, -0.2) is 9.97 Å². The molecular formula is C17H23N3. The Kier molecular flexibility index (Phi) is 4.72. The fourth-order valence-corrected chi connectivity index (χ4v) is 2.08. The number of hydrogen-bond donors (Lipinski definition) is 1. The Bertz CT molecular complexity index is 562. The van der Waals surface area contributed by atoms with Crippen LogP contribution in [0.15, 0.2) is 30.3 Å². The van der Waals surface area contributed by atoms with Gasteiger partial charge in [0.15, 0.2) is 0 Å². The molecule has 0 saturated heterocycles. The van der Waals surface area contributed by atoms with E-state index < -0.39 is 0 Å². The molecule has 0 aliphatic carbocycles. The summed E-state index contributed by atoms with van der Waals surface area (Å²) in [5.74, 6) is 2.18. The van der Waals surface area contributed by atoms with Crippen molar-refractivity contribution in [3.63, 3.8) is 0 Å². The first-order chi connectivity index (χ1) is 9.63. The maximum absolute atomic E-state index is 4.76. The summed E-state index contributed by atoms with van der Waals surface area (Å²) in [6, 6.07) is 10.3. The van der Waals surface area contributed by atoms with Gasteiger partial charge in [-0.15, -0.1) is 0 Å². The molecule has 0 amide bonds. The highest BCUT2D eigenvalue weighted by Crippen LogP contribution is 2.27. The molecule has 3 heteroatoms. The lowest BCUT2D eigenvalue weighted by molar-refractivity contribution is 0.772. The summed E-state index contributed by atoms with van der Waals surface area (Å²) in [6.45, 7) is 9.44. The summed E-state index contributed by atoms with van der Waals surface area (Å²) < 4.78 is 0. The van der Waals surface area contributed by atoms with Crippen molar-refractivity contribution >= 4 is 5.82 Å². The summed E-state index contributed by atoms with van der Waals surface area (Å²) in [4.78, 5) is 9.43. The molecule has 2 aromatic rings. The molecule has 0 radical (unpaired) electrons. The van der Waals surface area contributed by atoms with E-state index in [4.69, 9.17) is 4.98 Å². The van der Waals surface area contributed by atoms with Crippen LogP contribution in [0.25, 0.3) is 11.3 Å². The van der Waals surface area contributed by atoms with E-state index in [-0.39, 0.29) is 0 Å². The molecule has 1 aromatic carbocycles. The molecule has 20 heavy (non-hydrogen) atoms. The largest absolute Gasteiger partial charge is 0.370 e. The number of nitrogens with one attached hydrogen (secondary N) is 1. The quantitative estimate of drug-likeness (QED) is 0.874. The minimum absolute atomic E-state index is 0.320. The van der Waals surface area contributed by atoms with Gasteiger partial charge in [-0.05, 0) is 13.3 Å². The van der Waals surface area contributed by atoms with Gasteiger partial charge in [0.05, 0.1) is 5.69 Å². The first kappa shape index (κ1) is 14.5. The number of aromatic nitrogens is 2. The first-order valence-corrected chi connectivity index (χ1v) is 7.31. The van der Waals surface area contributed by atoms with Crippen LogP contribution in [-0.2, 0) is 0 Å². The van der Waals surface area contributed by atoms with E-state index in [0.29, 0.717) is 5.92 Å².